The molecule has 0 radical (unpaired) electrons. The van der Waals surface area contributed by atoms with Crippen LogP contribution in [-0.2, 0) is 6.54 Å². The van der Waals surface area contributed by atoms with Gasteiger partial charge in [0.15, 0.2) is 0 Å². The van der Waals surface area contributed by atoms with Crippen LogP contribution in [0.25, 0.3) is 10.9 Å². The van der Waals surface area contributed by atoms with Gasteiger partial charge in [0.25, 0.3) is 0 Å². The van der Waals surface area contributed by atoms with Crippen LogP contribution < -0.4 is 5.32 Å². The molecule has 0 saturated carbocycles. The fourth-order valence-electron chi connectivity index (χ4n) is 2.19. The van der Waals surface area contributed by atoms with Crippen molar-refractivity contribution in [3.05, 3.63) is 30.0 Å². The van der Waals surface area contributed by atoms with Crippen molar-refractivity contribution in [1.82, 2.24) is 15.1 Å². The van der Waals surface area contributed by atoms with E-state index in [1.54, 1.807) is 0 Å². The molecule has 1 N–H and O–H groups in total. The SMILES string of the molecule is Cc1cccc2cnn(CC3CNC3)c12. The highest BCUT2D eigenvalue weighted by Crippen LogP contribution is 2.19. The molecule has 3 nitrogen and oxygen atoms in total. The van der Waals surface area contributed by atoms with Gasteiger partial charge in [-0.15, -0.1) is 0 Å². The lowest BCUT2D eigenvalue weighted by Gasteiger charge is -2.27. The summed E-state index contributed by atoms with van der Waals surface area (Å²) in [6, 6.07) is 6.37. The Labute approximate surface area is 89.1 Å². The Hall–Kier alpha value is -1.35. The van der Waals surface area contributed by atoms with Crippen LogP contribution in [0.5, 0.6) is 0 Å². The van der Waals surface area contributed by atoms with Gasteiger partial charge in [-0.2, -0.15) is 5.10 Å². The van der Waals surface area contributed by atoms with Gasteiger partial charge in [0, 0.05) is 30.9 Å². The minimum absolute atomic E-state index is 0.757. The molecule has 0 bridgehead atoms. The Kier molecular flexibility index (Phi) is 1.99. The van der Waals surface area contributed by atoms with E-state index in [0.717, 1.165) is 25.6 Å². The third-order valence-corrected chi connectivity index (χ3v) is 3.16. The van der Waals surface area contributed by atoms with Crippen LogP contribution in [0.1, 0.15) is 5.56 Å². The number of aromatic nitrogens is 2. The second-order valence-corrected chi connectivity index (χ2v) is 4.36. The van der Waals surface area contributed by atoms with E-state index in [1.165, 1.54) is 16.5 Å². The third kappa shape index (κ3) is 1.43. The molecule has 1 saturated heterocycles. The maximum Gasteiger partial charge on any atom is 0.0711 e. The maximum absolute atomic E-state index is 4.47. The topological polar surface area (TPSA) is 29.9 Å². The van der Waals surface area contributed by atoms with Crippen molar-refractivity contribution in [3.8, 4) is 0 Å². The Morgan fingerprint density at radius 3 is 3.07 bits per heavy atom. The van der Waals surface area contributed by atoms with Gasteiger partial charge < -0.3 is 5.32 Å². The Morgan fingerprint density at radius 1 is 1.47 bits per heavy atom. The van der Waals surface area contributed by atoms with Crippen LogP contribution in [0.3, 0.4) is 0 Å². The average Bonchev–Trinajstić information content (AvgIpc) is 2.56. The largest absolute Gasteiger partial charge is 0.316 e. The molecule has 1 aromatic heterocycles. The van der Waals surface area contributed by atoms with Gasteiger partial charge in [-0.3, -0.25) is 4.68 Å². The summed E-state index contributed by atoms with van der Waals surface area (Å²) in [5, 5.41) is 9.01. The fraction of sp³-hybridized carbons (Fsp3) is 0.417. The molecule has 2 heterocycles. The van der Waals surface area contributed by atoms with E-state index in [4.69, 9.17) is 0 Å². The maximum atomic E-state index is 4.47. The van der Waals surface area contributed by atoms with Gasteiger partial charge in [0.1, 0.15) is 0 Å². The van der Waals surface area contributed by atoms with E-state index < -0.39 is 0 Å². The van der Waals surface area contributed by atoms with Gasteiger partial charge >= 0.3 is 0 Å². The first-order valence-corrected chi connectivity index (χ1v) is 5.46. The molecule has 1 aliphatic heterocycles. The van der Waals surface area contributed by atoms with Crippen LogP contribution in [0.4, 0.5) is 0 Å². The van der Waals surface area contributed by atoms with Crippen molar-refractivity contribution in [2.24, 2.45) is 5.92 Å². The number of nitrogens with one attached hydrogen (secondary N) is 1. The molecule has 78 valence electrons. The number of hydrogen-bond donors (Lipinski definition) is 1. The molecule has 0 spiro atoms. The summed E-state index contributed by atoms with van der Waals surface area (Å²) in [5.41, 5.74) is 2.61. The molecule has 1 aliphatic rings. The summed E-state index contributed by atoms with van der Waals surface area (Å²) >= 11 is 0. The smallest absolute Gasteiger partial charge is 0.0711 e. The monoisotopic (exact) mass is 201 g/mol. The lowest BCUT2D eigenvalue weighted by Crippen LogP contribution is -2.44. The number of fused-ring (bicyclic) bond motifs is 1. The lowest BCUT2D eigenvalue weighted by atomic mass is 10.0. The zero-order valence-electron chi connectivity index (χ0n) is 8.90. The number of para-hydroxylation sites is 1. The molecule has 3 rings (SSSR count). The first-order chi connectivity index (χ1) is 7.34. The second-order valence-electron chi connectivity index (χ2n) is 4.36. The van der Waals surface area contributed by atoms with Crippen LogP contribution in [0.15, 0.2) is 24.4 Å². The third-order valence-electron chi connectivity index (χ3n) is 3.16. The minimum atomic E-state index is 0.757. The van der Waals surface area contributed by atoms with Crippen molar-refractivity contribution in [3.63, 3.8) is 0 Å². The quantitative estimate of drug-likeness (QED) is 0.799. The number of hydrogen-bond acceptors (Lipinski definition) is 2. The highest BCUT2D eigenvalue weighted by molar-refractivity contribution is 5.81. The van der Waals surface area contributed by atoms with Crippen LogP contribution in [-0.4, -0.2) is 22.9 Å². The number of nitrogens with zero attached hydrogens (tertiary/aromatic N) is 2. The van der Waals surface area contributed by atoms with Crippen molar-refractivity contribution >= 4 is 10.9 Å². The molecular formula is C12H15N3. The van der Waals surface area contributed by atoms with Crippen LogP contribution >= 0.6 is 0 Å². The van der Waals surface area contributed by atoms with E-state index in [2.05, 4.69) is 40.2 Å². The molecular weight excluding hydrogens is 186 g/mol. The average molecular weight is 201 g/mol. The van der Waals surface area contributed by atoms with E-state index in [1.807, 2.05) is 6.20 Å². The van der Waals surface area contributed by atoms with Gasteiger partial charge in [0.05, 0.1) is 11.7 Å². The zero-order valence-corrected chi connectivity index (χ0v) is 8.90. The molecule has 0 amide bonds. The predicted molar refractivity (Wildman–Crippen MR) is 60.8 cm³/mol. The lowest BCUT2D eigenvalue weighted by molar-refractivity contribution is 0.299. The number of rotatable bonds is 2. The highest BCUT2D eigenvalue weighted by Gasteiger charge is 2.18. The molecule has 0 unspecified atom stereocenters. The van der Waals surface area contributed by atoms with Crippen LogP contribution in [0.2, 0.25) is 0 Å². The van der Waals surface area contributed by atoms with Gasteiger partial charge in [-0.05, 0) is 12.5 Å². The first kappa shape index (κ1) is 8.92. The van der Waals surface area contributed by atoms with Gasteiger partial charge in [0.2, 0.25) is 0 Å². The Bertz CT molecular complexity index is 483. The normalized spacial score (nSPS) is 16.9. The number of benzene rings is 1. The van der Waals surface area contributed by atoms with Crippen molar-refractivity contribution < 1.29 is 0 Å². The summed E-state index contributed by atoms with van der Waals surface area (Å²) < 4.78 is 2.15. The Balaban J connectivity index is 2.02. The molecule has 0 aliphatic carbocycles. The summed E-state index contributed by atoms with van der Waals surface area (Å²) in [5.74, 6) is 0.757. The molecule has 0 atom stereocenters. The molecule has 1 aromatic carbocycles. The molecule has 15 heavy (non-hydrogen) atoms. The molecule has 1 fully saturated rings. The van der Waals surface area contributed by atoms with Crippen molar-refractivity contribution in [2.75, 3.05) is 13.1 Å². The van der Waals surface area contributed by atoms with Crippen molar-refractivity contribution in [2.45, 2.75) is 13.5 Å². The summed E-state index contributed by atoms with van der Waals surface area (Å²) in [6.45, 7) is 5.46. The molecule has 3 heteroatoms. The summed E-state index contributed by atoms with van der Waals surface area (Å²) in [6.07, 6.45) is 1.97. The van der Waals surface area contributed by atoms with E-state index >= 15 is 0 Å². The van der Waals surface area contributed by atoms with Gasteiger partial charge in [-0.1, -0.05) is 18.2 Å². The summed E-state index contributed by atoms with van der Waals surface area (Å²) in [4.78, 5) is 0. The van der Waals surface area contributed by atoms with Crippen molar-refractivity contribution in [1.29, 1.82) is 0 Å². The predicted octanol–water partition coefficient (Wildman–Crippen LogP) is 1.56. The Morgan fingerprint density at radius 2 is 2.33 bits per heavy atom. The fourth-order valence-corrected chi connectivity index (χ4v) is 2.19. The van der Waals surface area contributed by atoms with Crippen LogP contribution in [0, 0.1) is 12.8 Å². The second kappa shape index (κ2) is 3.35. The first-order valence-electron chi connectivity index (χ1n) is 5.46. The highest BCUT2D eigenvalue weighted by atomic mass is 15.3. The zero-order chi connectivity index (χ0) is 10.3. The molecule has 2 aromatic rings. The summed E-state index contributed by atoms with van der Waals surface area (Å²) in [7, 11) is 0. The number of aryl methyl sites for hydroxylation is 1. The minimum Gasteiger partial charge on any atom is -0.316 e. The standard InChI is InChI=1S/C12H15N3/c1-9-3-2-4-11-7-14-15(12(9)11)8-10-5-13-6-10/h2-4,7,10,13H,5-6,8H2,1H3. The van der Waals surface area contributed by atoms with E-state index in [-0.39, 0.29) is 0 Å². The van der Waals surface area contributed by atoms with E-state index in [9.17, 15) is 0 Å². The van der Waals surface area contributed by atoms with E-state index in [0.29, 0.717) is 0 Å². The van der Waals surface area contributed by atoms with Gasteiger partial charge in [-0.25, -0.2) is 0 Å².